The van der Waals surface area contributed by atoms with Gasteiger partial charge in [0.1, 0.15) is 0 Å². The molecule has 0 bridgehead atoms. The highest BCUT2D eigenvalue weighted by molar-refractivity contribution is 5.94. The lowest BCUT2D eigenvalue weighted by atomic mass is 10.1. The second-order valence-corrected chi connectivity index (χ2v) is 7.53. The van der Waals surface area contributed by atoms with Crippen molar-refractivity contribution in [2.75, 3.05) is 44.2 Å². The molecular weight excluding hydrogens is 336 g/mol. The number of carbonyl (C=O) groups is 1. The zero-order chi connectivity index (χ0) is 18.5. The number of piperazine rings is 1. The van der Waals surface area contributed by atoms with E-state index in [-0.39, 0.29) is 5.91 Å². The molecule has 0 N–H and O–H groups in total. The standard InChI is InChI=1S/C22H28N4O/c27-22(20-15-21(17-23-16-20)25-9-5-2-6-10-25)26-13-11-24(12-14-26)18-19-7-3-1-4-8-19/h1,3-4,7-8,15-17H,2,5-6,9-14,18H2. The van der Waals surface area contributed by atoms with Crippen LogP contribution in [0.4, 0.5) is 5.69 Å². The second-order valence-electron chi connectivity index (χ2n) is 7.53. The molecule has 0 spiro atoms. The Hall–Kier alpha value is -2.40. The van der Waals surface area contributed by atoms with Gasteiger partial charge in [-0.1, -0.05) is 30.3 Å². The van der Waals surface area contributed by atoms with Crippen LogP contribution in [0.3, 0.4) is 0 Å². The van der Waals surface area contributed by atoms with Gasteiger partial charge in [-0.05, 0) is 30.9 Å². The van der Waals surface area contributed by atoms with Gasteiger partial charge in [-0.15, -0.1) is 0 Å². The Labute approximate surface area is 161 Å². The van der Waals surface area contributed by atoms with E-state index in [4.69, 9.17) is 0 Å². The van der Waals surface area contributed by atoms with Crippen LogP contribution in [0.5, 0.6) is 0 Å². The molecule has 0 atom stereocenters. The van der Waals surface area contributed by atoms with Crippen LogP contribution in [0.15, 0.2) is 48.8 Å². The average molecular weight is 364 g/mol. The molecule has 1 amide bonds. The van der Waals surface area contributed by atoms with Gasteiger partial charge in [0.2, 0.25) is 0 Å². The molecule has 5 nitrogen and oxygen atoms in total. The molecule has 2 aromatic rings. The van der Waals surface area contributed by atoms with Crippen LogP contribution in [-0.2, 0) is 6.54 Å². The lowest BCUT2D eigenvalue weighted by Gasteiger charge is -2.35. The van der Waals surface area contributed by atoms with Crippen LogP contribution in [-0.4, -0.2) is 60.0 Å². The summed E-state index contributed by atoms with van der Waals surface area (Å²) in [6, 6.07) is 12.6. The van der Waals surface area contributed by atoms with Gasteiger partial charge in [0.05, 0.1) is 17.4 Å². The number of nitrogens with zero attached hydrogens (tertiary/aromatic N) is 4. The van der Waals surface area contributed by atoms with Crippen molar-refractivity contribution in [3.05, 3.63) is 59.9 Å². The summed E-state index contributed by atoms with van der Waals surface area (Å²) in [5.41, 5.74) is 3.13. The summed E-state index contributed by atoms with van der Waals surface area (Å²) in [7, 11) is 0. The van der Waals surface area contributed by atoms with E-state index in [9.17, 15) is 4.79 Å². The second kappa shape index (κ2) is 8.53. The van der Waals surface area contributed by atoms with E-state index in [1.165, 1.54) is 24.8 Å². The number of aromatic nitrogens is 1. The number of pyridine rings is 1. The van der Waals surface area contributed by atoms with Crippen molar-refractivity contribution in [2.45, 2.75) is 25.8 Å². The third-order valence-corrected chi connectivity index (χ3v) is 5.60. The lowest BCUT2D eigenvalue weighted by molar-refractivity contribution is 0.0628. The van der Waals surface area contributed by atoms with Gasteiger partial charge in [-0.25, -0.2) is 0 Å². The summed E-state index contributed by atoms with van der Waals surface area (Å²) in [5.74, 6) is 0.112. The van der Waals surface area contributed by atoms with Crippen molar-refractivity contribution >= 4 is 11.6 Å². The Morgan fingerprint density at radius 2 is 1.63 bits per heavy atom. The molecule has 2 fully saturated rings. The maximum atomic E-state index is 12.9. The Morgan fingerprint density at radius 1 is 0.889 bits per heavy atom. The largest absolute Gasteiger partial charge is 0.370 e. The van der Waals surface area contributed by atoms with Crippen molar-refractivity contribution in [2.24, 2.45) is 0 Å². The fourth-order valence-corrected chi connectivity index (χ4v) is 4.00. The molecule has 142 valence electrons. The first-order valence-electron chi connectivity index (χ1n) is 10.1. The van der Waals surface area contributed by atoms with Gasteiger partial charge < -0.3 is 9.80 Å². The lowest BCUT2D eigenvalue weighted by Crippen LogP contribution is -2.48. The van der Waals surface area contributed by atoms with Gasteiger partial charge in [-0.3, -0.25) is 14.7 Å². The molecule has 0 unspecified atom stereocenters. The number of hydrogen-bond acceptors (Lipinski definition) is 4. The number of anilines is 1. The highest BCUT2D eigenvalue weighted by atomic mass is 16.2. The molecule has 0 saturated carbocycles. The number of hydrogen-bond donors (Lipinski definition) is 0. The van der Waals surface area contributed by atoms with Crippen molar-refractivity contribution in [1.82, 2.24) is 14.8 Å². The van der Waals surface area contributed by atoms with Gasteiger partial charge in [0.15, 0.2) is 0 Å². The third kappa shape index (κ3) is 4.48. The molecule has 1 aromatic carbocycles. The smallest absolute Gasteiger partial charge is 0.255 e. The van der Waals surface area contributed by atoms with Gasteiger partial charge >= 0.3 is 0 Å². The third-order valence-electron chi connectivity index (χ3n) is 5.60. The van der Waals surface area contributed by atoms with E-state index >= 15 is 0 Å². The molecule has 2 aliphatic rings. The summed E-state index contributed by atoms with van der Waals surface area (Å²) in [6.45, 7) is 6.48. The van der Waals surface area contributed by atoms with E-state index in [2.05, 4.69) is 39.0 Å². The van der Waals surface area contributed by atoms with Crippen molar-refractivity contribution in [3.8, 4) is 0 Å². The van der Waals surface area contributed by atoms with Crippen LogP contribution in [0.2, 0.25) is 0 Å². The number of carbonyl (C=O) groups excluding carboxylic acids is 1. The van der Waals surface area contributed by atoms with Crippen LogP contribution in [0.25, 0.3) is 0 Å². The zero-order valence-electron chi connectivity index (χ0n) is 15.9. The molecule has 2 saturated heterocycles. The molecule has 0 radical (unpaired) electrons. The SMILES string of the molecule is O=C(c1cncc(N2CCCCC2)c1)N1CCN(Cc2ccccc2)CC1. The number of rotatable bonds is 4. The highest BCUT2D eigenvalue weighted by Crippen LogP contribution is 2.21. The average Bonchev–Trinajstić information content (AvgIpc) is 2.75. The van der Waals surface area contributed by atoms with Crippen LogP contribution >= 0.6 is 0 Å². The fourth-order valence-electron chi connectivity index (χ4n) is 4.00. The summed E-state index contributed by atoms with van der Waals surface area (Å²) in [6.07, 6.45) is 7.35. The molecular formula is C22H28N4O. The number of amides is 1. The first kappa shape index (κ1) is 18.0. The Morgan fingerprint density at radius 3 is 2.37 bits per heavy atom. The van der Waals surface area contributed by atoms with E-state index in [1.807, 2.05) is 23.2 Å². The molecule has 5 heteroatoms. The monoisotopic (exact) mass is 364 g/mol. The Bertz CT molecular complexity index is 750. The topological polar surface area (TPSA) is 39.7 Å². The zero-order valence-corrected chi connectivity index (χ0v) is 15.9. The fraction of sp³-hybridized carbons (Fsp3) is 0.455. The minimum atomic E-state index is 0.112. The molecule has 4 rings (SSSR count). The van der Waals surface area contributed by atoms with Gasteiger partial charge in [0.25, 0.3) is 5.91 Å². The minimum Gasteiger partial charge on any atom is -0.370 e. The van der Waals surface area contributed by atoms with Crippen LogP contribution in [0.1, 0.15) is 35.2 Å². The predicted octanol–water partition coefficient (Wildman–Crippen LogP) is 3.03. The van der Waals surface area contributed by atoms with Gasteiger partial charge in [0, 0.05) is 52.0 Å². The number of piperidine rings is 1. The molecule has 2 aliphatic heterocycles. The number of benzene rings is 1. The van der Waals surface area contributed by atoms with Crippen molar-refractivity contribution in [3.63, 3.8) is 0 Å². The summed E-state index contributed by atoms with van der Waals surface area (Å²) < 4.78 is 0. The quantitative estimate of drug-likeness (QED) is 0.836. The van der Waals surface area contributed by atoms with E-state index in [1.54, 1.807) is 6.20 Å². The maximum absolute atomic E-state index is 12.9. The molecule has 27 heavy (non-hydrogen) atoms. The van der Waals surface area contributed by atoms with Crippen molar-refractivity contribution in [1.29, 1.82) is 0 Å². The van der Waals surface area contributed by atoms with Crippen LogP contribution in [0, 0.1) is 0 Å². The highest BCUT2D eigenvalue weighted by Gasteiger charge is 2.23. The Balaban J connectivity index is 1.35. The maximum Gasteiger partial charge on any atom is 0.255 e. The minimum absolute atomic E-state index is 0.112. The van der Waals surface area contributed by atoms with E-state index in [0.717, 1.165) is 57.1 Å². The van der Waals surface area contributed by atoms with Gasteiger partial charge in [-0.2, -0.15) is 0 Å². The molecule has 0 aliphatic carbocycles. The van der Waals surface area contributed by atoms with Crippen LogP contribution < -0.4 is 4.90 Å². The van der Waals surface area contributed by atoms with E-state index < -0.39 is 0 Å². The first-order chi connectivity index (χ1) is 13.3. The van der Waals surface area contributed by atoms with Crippen molar-refractivity contribution < 1.29 is 4.79 Å². The molecule has 3 heterocycles. The summed E-state index contributed by atoms with van der Waals surface area (Å²) in [5, 5.41) is 0. The predicted molar refractivity (Wildman–Crippen MR) is 108 cm³/mol. The first-order valence-corrected chi connectivity index (χ1v) is 10.1. The Kier molecular flexibility index (Phi) is 5.68. The molecule has 1 aromatic heterocycles. The summed E-state index contributed by atoms with van der Waals surface area (Å²) >= 11 is 0. The normalized spacial score (nSPS) is 18.5. The van der Waals surface area contributed by atoms with E-state index in [0.29, 0.717) is 0 Å². The summed E-state index contributed by atoms with van der Waals surface area (Å²) in [4.78, 5) is 24.0.